The summed E-state index contributed by atoms with van der Waals surface area (Å²) in [6.45, 7) is 4.23. The van der Waals surface area contributed by atoms with Gasteiger partial charge in [0.25, 0.3) is 0 Å². The fourth-order valence-electron chi connectivity index (χ4n) is 2.03. The van der Waals surface area contributed by atoms with Crippen LogP contribution in [0.5, 0.6) is 0 Å². The molecule has 0 aliphatic rings. The van der Waals surface area contributed by atoms with Crippen molar-refractivity contribution in [2.75, 3.05) is 0 Å². The summed E-state index contributed by atoms with van der Waals surface area (Å²) in [7, 11) is 0. The molecule has 1 heterocycles. The van der Waals surface area contributed by atoms with Crippen LogP contribution in [-0.2, 0) is 0 Å². The molecule has 2 atom stereocenters. The number of halogens is 3. The Balaban J connectivity index is 2.13. The monoisotopic (exact) mass is 377 g/mol. The normalized spacial score (nSPS) is 14.4. The van der Waals surface area contributed by atoms with Crippen molar-refractivity contribution in [1.82, 2.24) is 5.32 Å². The molecule has 2 unspecified atom stereocenters. The van der Waals surface area contributed by atoms with Crippen molar-refractivity contribution < 1.29 is 0 Å². The van der Waals surface area contributed by atoms with Crippen molar-refractivity contribution in [2.45, 2.75) is 25.9 Å². The molecule has 1 nitrogen and oxygen atoms in total. The van der Waals surface area contributed by atoms with Crippen LogP contribution in [0.4, 0.5) is 0 Å². The van der Waals surface area contributed by atoms with Crippen LogP contribution in [0.15, 0.2) is 34.8 Å². The van der Waals surface area contributed by atoms with Crippen LogP contribution in [0.2, 0.25) is 8.67 Å². The Hall–Kier alpha value is -0.0600. The van der Waals surface area contributed by atoms with Gasteiger partial charge in [-0.25, -0.2) is 0 Å². The van der Waals surface area contributed by atoms with E-state index in [0.29, 0.717) is 0 Å². The van der Waals surface area contributed by atoms with Crippen LogP contribution in [0.1, 0.15) is 37.1 Å². The van der Waals surface area contributed by atoms with Gasteiger partial charge >= 0.3 is 0 Å². The van der Waals surface area contributed by atoms with Gasteiger partial charge in [0.05, 0.1) is 8.67 Å². The third-order valence-electron chi connectivity index (χ3n) is 3.02. The minimum absolute atomic E-state index is 0.151. The smallest absolute Gasteiger partial charge is 0.0991 e. The number of hydrogen-bond acceptors (Lipinski definition) is 2. The highest BCUT2D eigenvalue weighted by Crippen LogP contribution is 2.36. The van der Waals surface area contributed by atoms with Crippen LogP contribution in [0.3, 0.4) is 0 Å². The first-order valence-corrected chi connectivity index (χ1v) is 8.30. The lowest BCUT2D eigenvalue weighted by Crippen LogP contribution is -2.22. The lowest BCUT2D eigenvalue weighted by atomic mass is 10.1. The van der Waals surface area contributed by atoms with E-state index >= 15 is 0 Å². The van der Waals surface area contributed by atoms with Crippen molar-refractivity contribution >= 4 is 50.5 Å². The minimum Gasteiger partial charge on any atom is -0.304 e. The summed E-state index contributed by atoms with van der Waals surface area (Å²) in [6.07, 6.45) is 0. The average molecular weight is 379 g/mol. The van der Waals surface area contributed by atoms with Crippen LogP contribution in [0.25, 0.3) is 0 Å². The molecule has 1 aromatic heterocycles. The number of hydrogen-bond donors (Lipinski definition) is 1. The molecular weight excluding hydrogens is 365 g/mol. The van der Waals surface area contributed by atoms with Gasteiger partial charge in [0.15, 0.2) is 0 Å². The molecule has 5 heteroatoms. The van der Waals surface area contributed by atoms with E-state index < -0.39 is 0 Å². The van der Waals surface area contributed by atoms with Crippen LogP contribution in [-0.4, -0.2) is 0 Å². The van der Waals surface area contributed by atoms with Gasteiger partial charge in [-0.3, -0.25) is 0 Å². The first kappa shape index (κ1) is 15.3. The molecule has 0 saturated carbocycles. The lowest BCUT2D eigenvalue weighted by molar-refractivity contribution is 0.494. The molecule has 0 aliphatic carbocycles. The van der Waals surface area contributed by atoms with Gasteiger partial charge in [-0.15, -0.1) is 11.3 Å². The topological polar surface area (TPSA) is 12.0 Å². The standard InChI is InChI=1S/C14H14BrCl2NS/c1-8(10-5-3-4-6-12(10)15)18-9(2)11-7-13(16)19-14(11)17/h3-9,18H,1-2H3. The Morgan fingerprint density at radius 1 is 1.11 bits per heavy atom. The molecule has 0 fully saturated rings. The van der Waals surface area contributed by atoms with Gasteiger partial charge < -0.3 is 5.32 Å². The Morgan fingerprint density at radius 2 is 1.74 bits per heavy atom. The molecule has 102 valence electrons. The second-order valence-electron chi connectivity index (χ2n) is 4.41. The summed E-state index contributed by atoms with van der Waals surface area (Å²) in [5.74, 6) is 0. The van der Waals surface area contributed by atoms with Crippen molar-refractivity contribution in [2.24, 2.45) is 0 Å². The molecule has 0 saturated heterocycles. The number of benzene rings is 1. The first-order chi connectivity index (χ1) is 8.99. The number of thiophene rings is 1. The molecule has 0 radical (unpaired) electrons. The predicted molar refractivity (Wildman–Crippen MR) is 88.4 cm³/mol. The van der Waals surface area contributed by atoms with Crippen molar-refractivity contribution in [1.29, 1.82) is 0 Å². The summed E-state index contributed by atoms with van der Waals surface area (Å²) in [6, 6.07) is 10.5. The van der Waals surface area contributed by atoms with E-state index in [-0.39, 0.29) is 12.1 Å². The summed E-state index contributed by atoms with van der Waals surface area (Å²) >= 11 is 17.2. The molecule has 2 rings (SSSR count). The van der Waals surface area contributed by atoms with Gasteiger partial charge in [0, 0.05) is 16.6 Å². The average Bonchev–Trinajstić information content (AvgIpc) is 2.69. The molecule has 0 aliphatic heterocycles. The van der Waals surface area contributed by atoms with E-state index in [0.717, 1.165) is 18.7 Å². The maximum atomic E-state index is 6.19. The van der Waals surface area contributed by atoms with Gasteiger partial charge in [-0.05, 0) is 37.1 Å². The summed E-state index contributed by atoms with van der Waals surface area (Å²) in [5, 5.41) is 3.54. The van der Waals surface area contributed by atoms with Crippen LogP contribution in [0, 0.1) is 0 Å². The van der Waals surface area contributed by atoms with Gasteiger partial charge in [0.1, 0.15) is 0 Å². The number of rotatable bonds is 4. The van der Waals surface area contributed by atoms with E-state index in [1.807, 2.05) is 24.3 Å². The summed E-state index contributed by atoms with van der Waals surface area (Å²) in [5.41, 5.74) is 2.28. The second kappa shape index (κ2) is 6.59. The molecule has 1 aromatic carbocycles. The predicted octanol–water partition coefficient (Wildman–Crippen LogP) is 6.23. The van der Waals surface area contributed by atoms with E-state index in [1.54, 1.807) is 0 Å². The zero-order chi connectivity index (χ0) is 14.0. The van der Waals surface area contributed by atoms with Crippen LogP contribution >= 0.6 is 50.5 Å². The maximum absolute atomic E-state index is 6.19. The van der Waals surface area contributed by atoms with E-state index in [4.69, 9.17) is 23.2 Å². The minimum atomic E-state index is 0.151. The molecule has 2 aromatic rings. The highest BCUT2D eigenvalue weighted by atomic mass is 79.9. The first-order valence-electron chi connectivity index (χ1n) is 5.94. The molecule has 0 amide bonds. The highest BCUT2D eigenvalue weighted by molar-refractivity contribution is 9.10. The van der Waals surface area contributed by atoms with Crippen molar-refractivity contribution in [3.8, 4) is 0 Å². The quantitative estimate of drug-likeness (QED) is 0.664. The Morgan fingerprint density at radius 3 is 2.32 bits per heavy atom. The molecule has 1 N–H and O–H groups in total. The molecule has 19 heavy (non-hydrogen) atoms. The lowest BCUT2D eigenvalue weighted by Gasteiger charge is -2.21. The van der Waals surface area contributed by atoms with Crippen molar-refractivity contribution in [3.63, 3.8) is 0 Å². The fraction of sp³-hybridized carbons (Fsp3) is 0.286. The van der Waals surface area contributed by atoms with Crippen molar-refractivity contribution in [3.05, 3.63) is 54.6 Å². The third-order valence-corrected chi connectivity index (χ3v) is 5.26. The zero-order valence-corrected chi connectivity index (χ0v) is 14.5. The third kappa shape index (κ3) is 3.73. The number of nitrogens with one attached hydrogen (secondary N) is 1. The molecule has 0 bridgehead atoms. The Bertz CT molecular complexity index is 570. The zero-order valence-electron chi connectivity index (χ0n) is 10.6. The maximum Gasteiger partial charge on any atom is 0.0991 e. The summed E-state index contributed by atoms with van der Waals surface area (Å²) in [4.78, 5) is 0. The van der Waals surface area contributed by atoms with Gasteiger partial charge in [-0.1, -0.05) is 57.3 Å². The van der Waals surface area contributed by atoms with E-state index in [2.05, 4.69) is 41.2 Å². The largest absolute Gasteiger partial charge is 0.304 e. The molecular formula is C14H14BrCl2NS. The van der Waals surface area contributed by atoms with E-state index in [1.165, 1.54) is 16.9 Å². The van der Waals surface area contributed by atoms with Gasteiger partial charge in [-0.2, -0.15) is 0 Å². The van der Waals surface area contributed by atoms with Crippen LogP contribution < -0.4 is 5.32 Å². The van der Waals surface area contributed by atoms with E-state index in [9.17, 15) is 0 Å². The SMILES string of the molecule is CC(NC(C)c1cc(Cl)sc1Cl)c1ccccc1Br. The highest BCUT2D eigenvalue weighted by Gasteiger charge is 2.17. The van der Waals surface area contributed by atoms with Gasteiger partial charge in [0.2, 0.25) is 0 Å². The Kier molecular flexibility index (Phi) is 5.32. The fourth-order valence-corrected chi connectivity index (χ4v) is 4.30. The summed E-state index contributed by atoms with van der Waals surface area (Å²) < 4.78 is 2.59. The Labute approximate surface area is 136 Å². The second-order valence-corrected chi connectivity index (χ2v) is 7.55. The molecule has 0 spiro atoms.